The first kappa shape index (κ1) is 20.8. The van der Waals surface area contributed by atoms with E-state index in [9.17, 15) is 5.11 Å². The predicted octanol–water partition coefficient (Wildman–Crippen LogP) is 4.28. The molecule has 0 amide bonds. The number of aryl methyl sites for hydroxylation is 2. The lowest BCUT2D eigenvalue weighted by Crippen LogP contribution is -2.38. The molecule has 150 valence electrons. The Hall–Kier alpha value is -1.96. The molecular weight excluding hydrogens is 388 g/mol. The number of guanidine groups is 1. The lowest BCUT2D eigenvalue weighted by Gasteiger charge is -2.12. The second kappa shape index (κ2) is 10.5. The molecule has 28 heavy (non-hydrogen) atoms. The van der Waals surface area contributed by atoms with E-state index >= 15 is 0 Å². The zero-order valence-corrected chi connectivity index (χ0v) is 18.1. The van der Waals surface area contributed by atoms with Crippen LogP contribution in [0.1, 0.15) is 41.4 Å². The number of aliphatic hydroxyl groups excluding tert-OH is 1. The topological polar surface area (TPSA) is 69.5 Å². The standard InChI is InChI=1S/C21H28N4OS2/c1-3-22-21(23-11-7-6-10-20-25-15(2)14-27-20)24-13-17(26)19-12-16-8-4-5-9-18(16)28-19/h4-5,8-9,12,14,17,26H,3,6-7,10-11,13H2,1-2H3,(H2,22,23,24). The number of hydrogen-bond donors (Lipinski definition) is 3. The third-order valence-electron chi connectivity index (χ3n) is 4.32. The summed E-state index contributed by atoms with van der Waals surface area (Å²) in [6, 6.07) is 10.3. The number of aliphatic imine (C=N–C) groups is 1. The molecule has 0 bridgehead atoms. The molecule has 1 atom stereocenters. The van der Waals surface area contributed by atoms with Gasteiger partial charge in [-0.3, -0.25) is 4.99 Å². The van der Waals surface area contributed by atoms with Crippen LogP contribution in [0.3, 0.4) is 0 Å². The van der Waals surface area contributed by atoms with Gasteiger partial charge in [0, 0.05) is 33.7 Å². The maximum atomic E-state index is 10.5. The molecule has 7 heteroatoms. The molecule has 0 saturated carbocycles. The minimum absolute atomic E-state index is 0.348. The maximum absolute atomic E-state index is 10.5. The average Bonchev–Trinajstić information content (AvgIpc) is 3.31. The average molecular weight is 417 g/mol. The van der Waals surface area contributed by atoms with Crippen LogP contribution in [-0.4, -0.2) is 35.7 Å². The Morgan fingerprint density at radius 3 is 2.86 bits per heavy atom. The molecule has 0 aliphatic carbocycles. The van der Waals surface area contributed by atoms with Crippen molar-refractivity contribution in [2.24, 2.45) is 4.99 Å². The van der Waals surface area contributed by atoms with Crippen molar-refractivity contribution in [3.63, 3.8) is 0 Å². The number of aliphatic hydroxyl groups is 1. The van der Waals surface area contributed by atoms with Crippen molar-refractivity contribution in [1.82, 2.24) is 15.6 Å². The highest BCUT2D eigenvalue weighted by molar-refractivity contribution is 7.19. The number of thiophene rings is 1. The van der Waals surface area contributed by atoms with E-state index in [0.29, 0.717) is 6.54 Å². The fourth-order valence-electron chi connectivity index (χ4n) is 2.90. The van der Waals surface area contributed by atoms with Crippen LogP contribution in [0.15, 0.2) is 40.7 Å². The van der Waals surface area contributed by atoms with Gasteiger partial charge in [0.15, 0.2) is 5.96 Å². The van der Waals surface area contributed by atoms with Gasteiger partial charge in [-0.1, -0.05) is 18.2 Å². The monoisotopic (exact) mass is 416 g/mol. The Balaban J connectivity index is 1.46. The quantitative estimate of drug-likeness (QED) is 0.277. The third kappa shape index (κ3) is 6.02. The molecule has 3 aromatic rings. The summed E-state index contributed by atoms with van der Waals surface area (Å²) in [7, 11) is 0. The molecule has 0 radical (unpaired) electrons. The Morgan fingerprint density at radius 2 is 2.11 bits per heavy atom. The Kier molecular flexibility index (Phi) is 7.82. The summed E-state index contributed by atoms with van der Waals surface area (Å²) in [6.45, 7) is 6.08. The minimum atomic E-state index is -0.582. The first-order chi connectivity index (χ1) is 13.7. The Morgan fingerprint density at radius 1 is 1.25 bits per heavy atom. The molecule has 5 nitrogen and oxygen atoms in total. The summed E-state index contributed by atoms with van der Waals surface area (Å²) >= 11 is 3.37. The van der Waals surface area contributed by atoms with E-state index in [1.54, 1.807) is 22.7 Å². The molecule has 1 aromatic carbocycles. The van der Waals surface area contributed by atoms with Crippen LogP contribution in [0.5, 0.6) is 0 Å². The van der Waals surface area contributed by atoms with Gasteiger partial charge in [0.2, 0.25) is 0 Å². The maximum Gasteiger partial charge on any atom is 0.191 e. The summed E-state index contributed by atoms with van der Waals surface area (Å²) in [6.07, 6.45) is 2.60. The molecule has 3 rings (SSSR count). The van der Waals surface area contributed by atoms with E-state index in [2.05, 4.69) is 44.2 Å². The van der Waals surface area contributed by atoms with Crippen LogP contribution in [0.2, 0.25) is 0 Å². The van der Waals surface area contributed by atoms with Crippen LogP contribution >= 0.6 is 22.7 Å². The van der Waals surface area contributed by atoms with E-state index in [1.807, 2.05) is 26.0 Å². The molecule has 0 aliphatic heterocycles. The number of hydrogen-bond acceptors (Lipinski definition) is 5. The molecular formula is C21H28N4OS2. The van der Waals surface area contributed by atoms with E-state index < -0.39 is 6.10 Å². The molecule has 2 heterocycles. The number of rotatable bonds is 9. The number of unbranched alkanes of at least 4 members (excludes halogenated alkanes) is 1. The second-order valence-electron chi connectivity index (χ2n) is 6.69. The van der Waals surface area contributed by atoms with Crippen LogP contribution < -0.4 is 10.6 Å². The molecule has 1 unspecified atom stereocenters. The lowest BCUT2D eigenvalue weighted by molar-refractivity contribution is 0.191. The highest BCUT2D eigenvalue weighted by Crippen LogP contribution is 2.29. The van der Waals surface area contributed by atoms with Gasteiger partial charge in [-0.05, 0) is 50.6 Å². The molecule has 2 aromatic heterocycles. The van der Waals surface area contributed by atoms with Crippen molar-refractivity contribution >= 4 is 38.7 Å². The second-order valence-corrected chi connectivity index (χ2v) is 8.75. The summed E-state index contributed by atoms with van der Waals surface area (Å²) in [5, 5.41) is 21.6. The van der Waals surface area contributed by atoms with Gasteiger partial charge in [-0.25, -0.2) is 4.98 Å². The molecule has 0 spiro atoms. The zero-order chi connectivity index (χ0) is 19.8. The summed E-state index contributed by atoms with van der Waals surface area (Å²) < 4.78 is 1.20. The van der Waals surface area contributed by atoms with Crippen LogP contribution in [0.4, 0.5) is 0 Å². The van der Waals surface area contributed by atoms with Gasteiger partial charge >= 0.3 is 0 Å². The lowest BCUT2D eigenvalue weighted by atomic mass is 10.2. The first-order valence-electron chi connectivity index (χ1n) is 9.75. The highest BCUT2D eigenvalue weighted by atomic mass is 32.1. The van der Waals surface area contributed by atoms with E-state index in [0.717, 1.165) is 48.9 Å². The number of fused-ring (bicyclic) bond motifs is 1. The molecule has 0 saturated heterocycles. The van der Waals surface area contributed by atoms with Crippen molar-refractivity contribution in [2.75, 3.05) is 19.6 Å². The van der Waals surface area contributed by atoms with Gasteiger partial charge in [0.25, 0.3) is 0 Å². The van der Waals surface area contributed by atoms with Gasteiger partial charge in [0.05, 0.1) is 11.6 Å². The van der Waals surface area contributed by atoms with Crippen molar-refractivity contribution in [2.45, 2.75) is 39.2 Å². The van der Waals surface area contributed by atoms with Crippen molar-refractivity contribution in [3.05, 3.63) is 51.3 Å². The van der Waals surface area contributed by atoms with Gasteiger partial charge in [-0.15, -0.1) is 22.7 Å². The first-order valence-corrected chi connectivity index (χ1v) is 11.4. The largest absolute Gasteiger partial charge is 0.386 e. The highest BCUT2D eigenvalue weighted by Gasteiger charge is 2.11. The molecule has 0 aliphatic rings. The number of aromatic nitrogens is 1. The SMILES string of the molecule is CCNC(=NCC(O)c1cc2ccccc2s1)NCCCCc1nc(C)cs1. The van der Waals surface area contributed by atoms with Crippen LogP contribution in [0, 0.1) is 6.92 Å². The van der Waals surface area contributed by atoms with Gasteiger partial charge in [-0.2, -0.15) is 0 Å². The van der Waals surface area contributed by atoms with Crippen molar-refractivity contribution in [1.29, 1.82) is 0 Å². The van der Waals surface area contributed by atoms with Gasteiger partial charge in [0.1, 0.15) is 6.10 Å². The molecule has 3 N–H and O–H groups in total. The third-order valence-corrected chi connectivity index (χ3v) is 6.56. The number of benzene rings is 1. The van der Waals surface area contributed by atoms with Crippen molar-refractivity contribution < 1.29 is 5.11 Å². The normalized spacial score (nSPS) is 13.0. The fourth-order valence-corrected chi connectivity index (χ4v) is 4.76. The van der Waals surface area contributed by atoms with E-state index in [-0.39, 0.29) is 0 Å². The Labute approximate surface area is 174 Å². The van der Waals surface area contributed by atoms with E-state index in [4.69, 9.17) is 0 Å². The number of thiazole rings is 1. The van der Waals surface area contributed by atoms with Gasteiger partial charge < -0.3 is 15.7 Å². The van der Waals surface area contributed by atoms with Crippen molar-refractivity contribution in [3.8, 4) is 0 Å². The fraction of sp³-hybridized carbons (Fsp3) is 0.429. The van der Waals surface area contributed by atoms with E-state index in [1.165, 1.54) is 15.1 Å². The van der Waals surface area contributed by atoms with Crippen LogP contribution in [0.25, 0.3) is 10.1 Å². The Bertz CT molecular complexity index is 870. The summed E-state index contributed by atoms with van der Waals surface area (Å²) in [4.78, 5) is 10.0. The summed E-state index contributed by atoms with van der Waals surface area (Å²) in [5.74, 6) is 0.757. The zero-order valence-electron chi connectivity index (χ0n) is 16.4. The van der Waals surface area contributed by atoms with Crippen LogP contribution in [-0.2, 0) is 6.42 Å². The predicted molar refractivity (Wildman–Crippen MR) is 121 cm³/mol. The summed E-state index contributed by atoms with van der Waals surface area (Å²) in [5.41, 5.74) is 1.11. The smallest absolute Gasteiger partial charge is 0.191 e. The number of nitrogens with one attached hydrogen (secondary N) is 2. The molecule has 0 fully saturated rings. The number of nitrogens with zero attached hydrogens (tertiary/aromatic N) is 2. The minimum Gasteiger partial charge on any atom is -0.386 e.